The number of ether oxygens (including phenoxy) is 1. The van der Waals surface area contributed by atoms with Crippen molar-refractivity contribution in [3.8, 4) is 11.3 Å². The molecule has 0 aliphatic carbocycles. The highest BCUT2D eigenvalue weighted by Gasteiger charge is 2.25. The number of fused-ring (bicyclic) bond motifs is 1. The Balaban J connectivity index is 0.000000249. The van der Waals surface area contributed by atoms with Gasteiger partial charge in [0, 0.05) is 37.4 Å². The van der Waals surface area contributed by atoms with Crippen LogP contribution in [-0.2, 0) is 4.74 Å². The summed E-state index contributed by atoms with van der Waals surface area (Å²) in [4.78, 5) is 10.4. The lowest BCUT2D eigenvalue weighted by atomic mass is 9.93. The number of likely N-dealkylation sites (tertiary alicyclic amines) is 1. The van der Waals surface area contributed by atoms with Gasteiger partial charge in [-0.15, -0.1) is 0 Å². The monoisotopic (exact) mass is 416 g/mol. The fourth-order valence-corrected chi connectivity index (χ4v) is 3.82. The van der Waals surface area contributed by atoms with Gasteiger partial charge < -0.3 is 20.5 Å². The molecule has 1 atom stereocenters. The van der Waals surface area contributed by atoms with Crippen LogP contribution in [0.15, 0.2) is 30.7 Å². The lowest BCUT2D eigenvalue weighted by molar-refractivity contribution is -0.00535. The van der Waals surface area contributed by atoms with Crippen molar-refractivity contribution in [2.75, 3.05) is 39.1 Å². The van der Waals surface area contributed by atoms with Gasteiger partial charge >= 0.3 is 0 Å². The van der Waals surface area contributed by atoms with Crippen LogP contribution in [0.4, 0.5) is 5.95 Å². The maximum Gasteiger partial charge on any atom is 0.220 e. The summed E-state index contributed by atoms with van der Waals surface area (Å²) in [6.07, 6.45) is 7.10. The highest BCUT2D eigenvalue weighted by atomic mass is 35.5. The van der Waals surface area contributed by atoms with Gasteiger partial charge in [-0.2, -0.15) is 5.10 Å². The SMILES string of the molecule is CN1CC(c2ccc3c(-c4nc(N)ncc4Cl)cnn3c2)C1.OC1CCCOC1. The van der Waals surface area contributed by atoms with Gasteiger partial charge in [0.1, 0.15) is 0 Å². The zero-order valence-corrected chi connectivity index (χ0v) is 17.1. The third kappa shape index (κ3) is 4.51. The number of aromatic nitrogens is 4. The van der Waals surface area contributed by atoms with Gasteiger partial charge in [0.2, 0.25) is 5.95 Å². The van der Waals surface area contributed by atoms with E-state index in [4.69, 9.17) is 27.2 Å². The van der Waals surface area contributed by atoms with Crippen LogP contribution in [0.5, 0.6) is 0 Å². The molecule has 8 nitrogen and oxygen atoms in total. The summed E-state index contributed by atoms with van der Waals surface area (Å²) in [5.41, 5.74) is 9.39. The summed E-state index contributed by atoms with van der Waals surface area (Å²) in [7, 11) is 2.13. The van der Waals surface area contributed by atoms with Crippen molar-refractivity contribution < 1.29 is 9.84 Å². The van der Waals surface area contributed by atoms with Crippen LogP contribution in [0, 0.1) is 0 Å². The quantitative estimate of drug-likeness (QED) is 0.660. The number of rotatable bonds is 2. The summed E-state index contributed by atoms with van der Waals surface area (Å²) in [6, 6.07) is 4.21. The molecule has 5 heterocycles. The van der Waals surface area contributed by atoms with Gasteiger partial charge in [0.25, 0.3) is 0 Å². The number of nitrogens with two attached hydrogens (primary N) is 1. The van der Waals surface area contributed by atoms with Crippen molar-refractivity contribution in [3.63, 3.8) is 0 Å². The molecule has 0 amide bonds. The largest absolute Gasteiger partial charge is 0.391 e. The molecule has 0 bridgehead atoms. The van der Waals surface area contributed by atoms with Gasteiger partial charge in [-0.05, 0) is 31.5 Å². The average molecular weight is 417 g/mol. The number of aliphatic hydroxyl groups is 1. The molecule has 9 heteroatoms. The Labute approximate surface area is 174 Å². The number of hydrogen-bond donors (Lipinski definition) is 2. The van der Waals surface area contributed by atoms with Crippen LogP contribution >= 0.6 is 11.6 Å². The fourth-order valence-electron chi connectivity index (χ4n) is 3.63. The summed E-state index contributed by atoms with van der Waals surface area (Å²) in [6.45, 7) is 3.55. The summed E-state index contributed by atoms with van der Waals surface area (Å²) < 4.78 is 6.80. The number of pyridine rings is 1. The predicted molar refractivity (Wildman–Crippen MR) is 112 cm³/mol. The Morgan fingerprint density at radius 3 is 2.76 bits per heavy atom. The molecule has 2 aliphatic heterocycles. The van der Waals surface area contributed by atoms with Crippen LogP contribution in [0.3, 0.4) is 0 Å². The minimum Gasteiger partial charge on any atom is -0.391 e. The van der Waals surface area contributed by atoms with Gasteiger partial charge in [0.05, 0.1) is 41.3 Å². The molecule has 0 saturated carbocycles. The highest BCUT2D eigenvalue weighted by molar-refractivity contribution is 6.33. The number of likely N-dealkylation sites (N-methyl/N-ethyl adjacent to an activating group) is 1. The van der Waals surface area contributed by atoms with E-state index >= 15 is 0 Å². The second-order valence-electron chi connectivity index (χ2n) is 7.56. The minimum absolute atomic E-state index is 0.186. The molecule has 3 N–H and O–H groups in total. The molecule has 3 aromatic heterocycles. The van der Waals surface area contributed by atoms with E-state index in [1.807, 2.05) is 4.52 Å². The number of hydrogen-bond acceptors (Lipinski definition) is 7. The highest BCUT2D eigenvalue weighted by Crippen LogP contribution is 2.31. The molecule has 0 spiro atoms. The predicted octanol–water partition coefficient (Wildman–Crippen LogP) is 2.21. The van der Waals surface area contributed by atoms with E-state index in [-0.39, 0.29) is 12.1 Å². The second kappa shape index (κ2) is 8.62. The smallest absolute Gasteiger partial charge is 0.220 e. The van der Waals surface area contributed by atoms with Crippen LogP contribution in [0.2, 0.25) is 5.02 Å². The van der Waals surface area contributed by atoms with Gasteiger partial charge in [0.15, 0.2) is 0 Å². The number of nitrogen functional groups attached to an aromatic ring is 1. The van der Waals surface area contributed by atoms with E-state index in [9.17, 15) is 0 Å². The maximum atomic E-state index is 8.78. The molecule has 2 saturated heterocycles. The van der Waals surface area contributed by atoms with E-state index in [0.29, 0.717) is 23.2 Å². The topological polar surface area (TPSA) is 102 Å². The van der Waals surface area contributed by atoms with Gasteiger partial charge in [-0.3, -0.25) is 0 Å². The molecule has 3 aromatic rings. The average Bonchev–Trinajstić information content (AvgIpc) is 3.11. The molecule has 2 aliphatic rings. The van der Waals surface area contributed by atoms with E-state index in [1.165, 1.54) is 11.8 Å². The zero-order valence-electron chi connectivity index (χ0n) is 16.3. The Hall–Kier alpha value is -2.26. The van der Waals surface area contributed by atoms with Gasteiger partial charge in [-0.25, -0.2) is 14.5 Å². The molecule has 1 unspecified atom stereocenters. The number of aliphatic hydroxyl groups excluding tert-OH is 1. The third-order valence-electron chi connectivity index (χ3n) is 5.23. The fraction of sp³-hybridized carbons (Fsp3) is 0.450. The standard InChI is InChI=1S/C15H15ClN6.C5H10O2/c1-21-6-10(7-21)9-2-3-13-11(4-19-22(13)8-9)14-12(16)5-18-15(17)20-14;6-5-2-1-3-7-4-5/h2-5,8,10H,6-7H2,1H3,(H2,17,18,20);5-6H,1-4H2. The van der Waals surface area contributed by atoms with Crippen LogP contribution < -0.4 is 5.73 Å². The van der Waals surface area contributed by atoms with Crippen molar-refractivity contribution in [2.45, 2.75) is 24.9 Å². The molecule has 5 rings (SSSR count). The van der Waals surface area contributed by atoms with Crippen molar-refractivity contribution in [2.24, 2.45) is 0 Å². The first-order valence-electron chi connectivity index (χ1n) is 9.71. The number of anilines is 1. The Kier molecular flexibility index (Phi) is 5.96. The van der Waals surface area contributed by atoms with Crippen molar-refractivity contribution >= 4 is 23.1 Å². The lowest BCUT2D eigenvalue weighted by Crippen LogP contribution is -2.41. The molecular formula is C20H25ClN6O2. The first-order valence-corrected chi connectivity index (χ1v) is 10.1. The van der Waals surface area contributed by atoms with Gasteiger partial charge in [-0.1, -0.05) is 17.7 Å². The van der Waals surface area contributed by atoms with E-state index in [2.05, 4.69) is 45.3 Å². The Morgan fingerprint density at radius 1 is 1.28 bits per heavy atom. The number of halogens is 1. The molecule has 2 fully saturated rings. The summed E-state index contributed by atoms with van der Waals surface area (Å²) in [5, 5.41) is 13.7. The van der Waals surface area contributed by atoms with Crippen LogP contribution in [0.25, 0.3) is 16.8 Å². The van der Waals surface area contributed by atoms with E-state index in [0.717, 1.165) is 43.6 Å². The molecule has 154 valence electrons. The van der Waals surface area contributed by atoms with E-state index < -0.39 is 0 Å². The van der Waals surface area contributed by atoms with Crippen LogP contribution in [0.1, 0.15) is 24.3 Å². The van der Waals surface area contributed by atoms with Crippen molar-refractivity contribution in [1.29, 1.82) is 0 Å². The molecule has 0 aromatic carbocycles. The zero-order chi connectivity index (χ0) is 20.4. The second-order valence-corrected chi connectivity index (χ2v) is 7.97. The minimum atomic E-state index is -0.186. The molecule has 29 heavy (non-hydrogen) atoms. The normalized spacial score (nSPS) is 20.2. The summed E-state index contributed by atoms with van der Waals surface area (Å²) >= 11 is 6.19. The number of nitrogens with zero attached hydrogens (tertiary/aromatic N) is 5. The lowest BCUT2D eigenvalue weighted by Gasteiger charge is -2.36. The van der Waals surface area contributed by atoms with Crippen molar-refractivity contribution in [3.05, 3.63) is 41.3 Å². The Morgan fingerprint density at radius 2 is 2.10 bits per heavy atom. The molecule has 0 radical (unpaired) electrons. The summed E-state index contributed by atoms with van der Waals surface area (Å²) in [5.74, 6) is 0.785. The molecular weight excluding hydrogens is 392 g/mol. The van der Waals surface area contributed by atoms with Crippen LogP contribution in [-0.4, -0.2) is 69.0 Å². The Bertz CT molecular complexity index is 982. The maximum absolute atomic E-state index is 8.78. The van der Waals surface area contributed by atoms with E-state index in [1.54, 1.807) is 6.20 Å². The first-order chi connectivity index (χ1) is 14.0. The van der Waals surface area contributed by atoms with Crippen molar-refractivity contribution in [1.82, 2.24) is 24.5 Å². The third-order valence-corrected chi connectivity index (χ3v) is 5.51. The first kappa shape index (κ1) is 20.0.